The number of thiophene rings is 1. The molecule has 4 aromatic rings. The minimum Gasteiger partial charge on any atom is -0.312 e. The standard InChI is InChI=1S/C27H21Cl2N3OS/c28-16-11-12-19(22(29)13-16)24-14-20(17-7-5-6-9-23(17)31-24)26(33)32-27-21(15-30)18-8-3-1-2-4-10-25(18)34-27/h5-7,9,11-14H,1-4,8,10H2,(H,32,33). The van der Waals surface area contributed by atoms with E-state index < -0.39 is 0 Å². The van der Waals surface area contributed by atoms with Gasteiger partial charge in [-0.15, -0.1) is 11.3 Å². The molecule has 0 bridgehead atoms. The van der Waals surface area contributed by atoms with Gasteiger partial charge < -0.3 is 5.32 Å². The molecule has 2 heterocycles. The molecule has 34 heavy (non-hydrogen) atoms. The van der Waals surface area contributed by atoms with Crippen LogP contribution in [0.1, 0.15) is 52.0 Å². The summed E-state index contributed by atoms with van der Waals surface area (Å²) in [5.74, 6) is -0.268. The van der Waals surface area contributed by atoms with E-state index in [0.717, 1.165) is 36.6 Å². The molecule has 7 heteroatoms. The number of carbonyl (C=O) groups is 1. The highest BCUT2D eigenvalue weighted by Crippen LogP contribution is 2.37. The summed E-state index contributed by atoms with van der Waals surface area (Å²) < 4.78 is 0. The van der Waals surface area contributed by atoms with E-state index in [1.54, 1.807) is 24.3 Å². The van der Waals surface area contributed by atoms with E-state index in [1.807, 2.05) is 24.3 Å². The van der Waals surface area contributed by atoms with Crippen molar-refractivity contribution in [2.24, 2.45) is 0 Å². The number of amides is 1. The van der Waals surface area contributed by atoms with Crippen LogP contribution in [0, 0.1) is 11.3 Å². The predicted molar refractivity (Wildman–Crippen MR) is 140 cm³/mol. The molecule has 1 aliphatic rings. The van der Waals surface area contributed by atoms with Crippen LogP contribution in [0.25, 0.3) is 22.2 Å². The Morgan fingerprint density at radius 3 is 2.62 bits per heavy atom. The van der Waals surface area contributed by atoms with E-state index in [-0.39, 0.29) is 5.91 Å². The molecule has 1 N–H and O–H groups in total. The van der Waals surface area contributed by atoms with Gasteiger partial charge in [0.15, 0.2) is 0 Å². The van der Waals surface area contributed by atoms with Crippen LogP contribution in [-0.2, 0) is 12.8 Å². The fraction of sp³-hybridized carbons (Fsp3) is 0.222. The fourth-order valence-electron chi connectivity index (χ4n) is 4.49. The second kappa shape index (κ2) is 9.76. The highest BCUT2D eigenvalue weighted by Gasteiger charge is 2.22. The number of nitrogens with one attached hydrogen (secondary N) is 1. The Balaban J connectivity index is 1.58. The first-order valence-corrected chi connectivity index (χ1v) is 12.8. The van der Waals surface area contributed by atoms with E-state index in [1.165, 1.54) is 29.1 Å². The van der Waals surface area contributed by atoms with Crippen LogP contribution < -0.4 is 5.32 Å². The lowest BCUT2D eigenvalue weighted by atomic mass is 9.97. The van der Waals surface area contributed by atoms with Crippen LogP contribution in [-0.4, -0.2) is 10.9 Å². The Bertz CT molecular complexity index is 1450. The number of para-hydroxylation sites is 1. The van der Waals surface area contributed by atoms with Crippen LogP contribution in [0.2, 0.25) is 10.0 Å². The third-order valence-electron chi connectivity index (χ3n) is 6.18. The van der Waals surface area contributed by atoms with E-state index in [2.05, 4.69) is 11.4 Å². The topological polar surface area (TPSA) is 65.8 Å². The van der Waals surface area contributed by atoms with Crippen molar-refractivity contribution in [3.63, 3.8) is 0 Å². The molecule has 170 valence electrons. The van der Waals surface area contributed by atoms with Crippen molar-refractivity contribution >= 4 is 56.3 Å². The zero-order valence-electron chi connectivity index (χ0n) is 18.3. The van der Waals surface area contributed by atoms with Gasteiger partial charge in [-0.2, -0.15) is 5.26 Å². The molecule has 0 aliphatic heterocycles. The second-order valence-corrected chi connectivity index (χ2v) is 10.3. The zero-order chi connectivity index (χ0) is 23.7. The smallest absolute Gasteiger partial charge is 0.257 e. The highest BCUT2D eigenvalue weighted by molar-refractivity contribution is 7.16. The van der Waals surface area contributed by atoms with Crippen LogP contribution in [0.4, 0.5) is 5.00 Å². The van der Waals surface area contributed by atoms with Gasteiger partial charge in [0.25, 0.3) is 5.91 Å². The molecule has 1 aliphatic carbocycles. The molecule has 0 saturated carbocycles. The monoisotopic (exact) mass is 505 g/mol. The number of nitrogens with zero attached hydrogens (tertiary/aromatic N) is 2. The number of anilines is 1. The van der Waals surface area contributed by atoms with Crippen LogP contribution in [0.5, 0.6) is 0 Å². The summed E-state index contributed by atoms with van der Waals surface area (Å²) in [6.45, 7) is 0. The third kappa shape index (κ3) is 4.42. The van der Waals surface area contributed by atoms with Gasteiger partial charge in [-0.25, -0.2) is 4.98 Å². The summed E-state index contributed by atoms with van der Waals surface area (Å²) in [5.41, 5.74) is 4.17. The van der Waals surface area contributed by atoms with Crippen molar-refractivity contribution < 1.29 is 4.79 Å². The minimum atomic E-state index is -0.268. The van der Waals surface area contributed by atoms with Gasteiger partial charge in [0.2, 0.25) is 0 Å². The van der Waals surface area contributed by atoms with Crippen molar-refractivity contribution in [3.8, 4) is 17.3 Å². The van der Waals surface area contributed by atoms with Crippen LogP contribution in [0.3, 0.4) is 0 Å². The van der Waals surface area contributed by atoms with Crippen molar-refractivity contribution in [2.75, 3.05) is 5.32 Å². The summed E-state index contributed by atoms with van der Waals surface area (Å²) in [6.07, 6.45) is 6.43. The molecule has 0 fully saturated rings. The highest BCUT2D eigenvalue weighted by atomic mass is 35.5. The molecule has 0 spiro atoms. The van der Waals surface area contributed by atoms with Gasteiger partial charge in [-0.1, -0.05) is 54.2 Å². The van der Waals surface area contributed by atoms with Gasteiger partial charge in [0.1, 0.15) is 11.1 Å². The number of aryl methyl sites for hydroxylation is 1. The average molecular weight is 506 g/mol. The third-order valence-corrected chi connectivity index (χ3v) is 7.93. The van der Waals surface area contributed by atoms with Gasteiger partial charge in [0.05, 0.1) is 27.4 Å². The lowest BCUT2D eigenvalue weighted by Crippen LogP contribution is -2.13. The van der Waals surface area contributed by atoms with Crippen molar-refractivity contribution in [1.82, 2.24) is 4.98 Å². The Morgan fingerprint density at radius 2 is 1.82 bits per heavy atom. The molecular formula is C27H21Cl2N3OS. The fourth-order valence-corrected chi connectivity index (χ4v) is 6.23. The molecule has 4 nitrogen and oxygen atoms in total. The second-order valence-electron chi connectivity index (χ2n) is 8.38. The summed E-state index contributed by atoms with van der Waals surface area (Å²) in [7, 11) is 0. The number of nitriles is 1. The SMILES string of the molecule is N#Cc1c(NC(=O)c2cc(-c3ccc(Cl)cc3Cl)nc3ccccc23)sc2c1CCCCCC2. The number of halogens is 2. The number of carbonyl (C=O) groups excluding carboxylic acids is 1. The zero-order valence-corrected chi connectivity index (χ0v) is 20.7. The van der Waals surface area contributed by atoms with Gasteiger partial charge in [-0.05, 0) is 61.6 Å². The van der Waals surface area contributed by atoms with E-state index in [4.69, 9.17) is 28.2 Å². The first-order valence-electron chi connectivity index (χ1n) is 11.3. The van der Waals surface area contributed by atoms with E-state index in [9.17, 15) is 10.1 Å². The molecule has 2 aromatic heterocycles. The van der Waals surface area contributed by atoms with Gasteiger partial charge >= 0.3 is 0 Å². The maximum atomic E-state index is 13.6. The largest absolute Gasteiger partial charge is 0.312 e. The van der Waals surface area contributed by atoms with Crippen LogP contribution in [0.15, 0.2) is 48.5 Å². The maximum absolute atomic E-state index is 13.6. The Morgan fingerprint density at radius 1 is 1.03 bits per heavy atom. The quantitative estimate of drug-likeness (QED) is 0.306. The van der Waals surface area contributed by atoms with E-state index >= 15 is 0 Å². The summed E-state index contributed by atoms with van der Waals surface area (Å²) in [6, 6.07) is 16.8. The number of benzene rings is 2. The first kappa shape index (κ1) is 22.9. The van der Waals surface area contributed by atoms with Crippen LogP contribution >= 0.6 is 34.5 Å². The molecule has 2 aromatic carbocycles. The Hall–Kier alpha value is -2.91. The molecule has 5 rings (SSSR count). The van der Waals surface area contributed by atoms with Gasteiger partial charge in [-0.3, -0.25) is 4.79 Å². The van der Waals surface area contributed by atoms with Crippen molar-refractivity contribution in [2.45, 2.75) is 38.5 Å². The average Bonchev–Trinajstić information content (AvgIpc) is 3.13. The maximum Gasteiger partial charge on any atom is 0.257 e. The molecule has 0 unspecified atom stereocenters. The number of pyridine rings is 1. The van der Waals surface area contributed by atoms with Gasteiger partial charge in [0, 0.05) is 20.8 Å². The Labute approximate surface area is 212 Å². The summed E-state index contributed by atoms with van der Waals surface area (Å²) in [5, 5.41) is 15.3. The number of fused-ring (bicyclic) bond motifs is 2. The molecule has 0 saturated heterocycles. The predicted octanol–water partition coefficient (Wildman–Crippen LogP) is 8.05. The molecular weight excluding hydrogens is 485 g/mol. The lowest BCUT2D eigenvalue weighted by Gasteiger charge is -2.11. The molecule has 0 atom stereocenters. The molecule has 0 radical (unpaired) electrons. The summed E-state index contributed by atoms with van der Waals surface area (Å²) in [4.78, 5) is 19.5. The first-order chi connectivity index (χ1) is 16.5. The van der Waals surface area contributed by atoms with Crippen molar-refractivity contribution in [3.05, 3.63) is 80.1 Å². The lowest BCUT2D eigenvalue weighted by molar-refractivity contribution is 0.102. The Kier molecular flexibility index (Phi) is 6.56. The summed E-state index contributed by atoms with van der Waals surface area (Å²) >= 11 is 14.0. The minimum absolute atomic E-state index is 0.268. The normalized spacial score (nSPS) is 13.6. The number of hydrogen-bond donors (Lipinski definition) is 1. The van der Waals surface area contributed by atoms with E-state index in [0.29, 0.717) is 42.9 Å². The number of rotatable bonds is 3. The molecule has 1 amide bonds. The number of hydrogen-bond acceptors (Lipinski definition) is 4. The van der Waals surface area contributed by atoms with Crippen molar-refractivity contribution in [1.29, 1.82) is 5.26 Å². The number of aromatic nitrogens is 1.